The van der Waals surface area contributed by atoms with E-state index in [2.05, 4.69) is 62.5 Å². The zero-order chi connectivity index (χ0) is 39.6. The molecule has 0 bridgehead atoms. The molecule has 0 saturated carbocycles. The van der Waals surface area contributed by atoms with Crippen molar-refractivity contribution in [2.75, 3.05) is 32.8 Å². The number of rotatable bonds is 39. The van der Waals surface area contributed by atoms with Crippen LogP contribution in [0.2, 0.25) is 0 Å². The molecule has 8 nitrogen and oxygen atoms in total. The summed E-state index contributed by atoms with van der Waals surface area (Å²) in [5.41, 5.74) is 11.8. The van der Waals surface area contributed by atoms with Crippen LogP contribution in [0.5, 0.6) is 0 Å². The van der Waals surface area contributed by atoms with Crippen molar-refractivity contribution in [2.24, 2.45) is 11.5 Å². The topological polar surface area (TPSA) is 126 Å². The Morgan fingerprint density at radius 1 is 0.519 bits per heavy atom. The van der Waals surface area contributed by atoms with Crippen molar-refractivity contribution in [1.82, 2.24) is 0 Å². The van der Waals surface area contributed by atoms with Crippen molar-refractivity contribution in [1.29, 1.82) is 0 Å². The molecule has 54 heavy (non-hydrogen) atoms. The fourth-order valence-electron chi connectivity index (χ4n) is 6.16. The third-order valence-electron chi connectivity index (χ3n) is 9.65. The Morgan fingerprint density at radius 2 is 0.907 bits per heavy atom. The molecule has 0 unspecified atom stereocenters. The maximum atomic E-state index is 13.2. The number of allylic oxidation sites excluding steroid dienone is 8. The van der Waals surface area contributed by atoms with Crippen LogP contribution in [-0.4, -0.2) is 56.7 Å². The second-order valence-electron chi connectivity index (χ2n) is 14.8. The Labute approximate surface area is 332 Å². The predicted octanol–water partition coefficient (Wildman–Crippen LogP) is 9.57. The van der Waals surface area contributed by atoms with E-state index in [4.69, 9.17) is 20.9 Å². The van der Waals surface area contributed by atoms with Gasteiger partial charge in [-0.2, -0.15) is 0 Å². The van der Waals surface area contributed by atoms with Crippen LogP contribution in [-0.2, 0) is 23.9 Å². The van der Waals surface area contributed by atoms with Gasteiger partial charge in [0.25, 0.3) is 0 Å². The van der Waals surface area contributed by atoms with Crippen molar-refractivity contribution >= 4 is 17.8 Å². The van der Waals surface area contributed by atoms with Gasteiger partial charge in [0, 0.05) is 12.8 Å². The largest absolute Gasteiger partial charge is 0.460 e. The van der Waals surface area contributed by atoms with Crippen molar-refractivity contribution in [3.05, 3.63) is 48.6 Å². The monoisotopic (exact) mass is 759 g/mol. The highest BCUT2D eigenvalue weighted by molar-refractivity contribution is 5.73. The number of ether oxygens (including phenoxy) is 2. The lowest BCUT2D eigenvalue weighted by Gasteiger charge is -2.20. The highest BCUT2D eigenvalue weighted by Gasteiger charge is 2.26. The van der Waals surface area contributed by atoms with Gasteiger partial charge in [-0.05, 0) is 103 Å². The molecule has 1 atom stereocenters. The fourth-order valence-corrected chi connectivity index (χ4v) is 6.16. The van der Waals surface area contributed by atoms with E-state index in [1.807, 2.05) is 0 Å². The van der Waals surface area contributed by atoms with Gasteiger partial charge < -0.3 is 20.9 Å². The molecule has 0 aliphatic heterocycles. The molecule has 0 aromatic rings. The predicted molar refractivity (Wildman–Crippen MR) is 227 cm³/mol. The molecule has 0 radical (unpaired) electrons. The third kappa shape index (κ3) is 36.4. The van der Waals surface area contributed by atoms with E-state index in [1.165, 1.54) is 77.0 Å². The number of hydrogen-bond donors (Lipinski definition) is 3. The van der Waals surface area contributed by atoms with E-state index in [0.29, 0.717) is 43.8 Å². The van der Waals surface area contributed by atoms with Crippen LogP contribution in [0, 0.1) is 0 Å². The summed E-state index contributed by atoms with van der Waals surface area (Å²) in [5.74, 6) is -0.603. The summed E-state index contributed by atoms with van der Waals surface area (Å²) in [4.78, 5) is 38.5. The molecule has 8 heteroatoms. The molecule has 0 heterocycles. The second-order valence-corrected chi connectivity index (χ2v) is 14.8. The van der Waals surface area contributed by atoms with Gasteiger partial charge in [-0.15, -0.1) is 0 Å². The lowest BCUT2D eigenvalue weighted by Crippen LogP contribution is -3.17. The van der Waals surface area contributed by atoms with E-state index in [1.54, 1.807) is 0 Å². The highest BCUT2D eigenvalue weighted by Crippen LogP contribution is 2.10. The summed E-state index contributed by atoms with van der Waals surface area (Å²) < 4.78 is 11.0. The molecule has 1 amide bonds. The van der Waals surface area contributed by atoms with E-state index in [9.17, 15) is 14.4 Å². The SMILES string of the molecule is CCCCC/C=C\C/C=C\CCCCCCCC(=O)OCC[NH+](CCOC(=O)CCCCCCC/C=C\C/C=C\CCCCC)C(=O)[C@@H](N)CCCCN. The van der Waals surface area contributed by atoms with Crippen LogP contribution in [0.3, 0.4) is 0 Å². The Bertz CT molecular complexity index is 929. The fraction of sp³-hybridized carbons (Fsp3) is 0.761. The number of amides is 1. The highest BCUT2D eigenvalue weighted by atomic mass is 16.5. The molecule has 0 aromatic heterocycles. The van der Waals surface area contributed by atoms with Crippen LogP contribution >= 0.6 is 0 Å². The maximum Gasteiger partial charge on any atom is 0.329 e. The standard InChI is InChI=1S/C46H83N3O5/c1-3-5-7-9-11-13-15-17-19-21-23-25-27-29-31-36-44(50)53-41-39-49(46(52)43(48)35-33-34-38-47)40-42-54-45(51)37-32-30-28-26-24-22-20-18-16-14-12-10-8-6-4-2/h11-14,17-20,43H,3-10,15-16,21-42,47-48H2,1-2H3/p+1/b13-11-,14-12-,19-17-,20-18-/t43-/m0/s1. The zero-order valence-corrected chi connectivity index (χ0v) is 35.0. The van der Waals surface area contributed by atoms with E-state index >= 15 is 0 Å². The lowest BCUT2D eigenvalue weighted by molar-refractivity contribution is -0.822. The molecular weight excluding hydrogens is 675 g/mol. The van der Waals surface area contributed by atoms with Gasteiger partial charge in [0.1, 0.15) is 32.3 Å². The Kier molecular flexibility index (Phi) is 39.6. The second kappa shape index (κ2) is 41.6. The average molecular weight is 759 g/mol. The van der Waals surface area contributed by atoms with Crippen LogP contribution in [0.4, 0.5) is 0 Å². The summed E-state index contributed by atoms with van der Waals surface area (Å²) in [7, 11) is 0. The molecule has 0 aliphatic carbocycles. The minimum atomic E-state index is -0.627. The third-order valence-corrected chi connectivity index (χ3v) is 9.65. The summed E-state index contributed by atoms with van der Waals surface area (Å²) in [6, 6.07) is -0.627. The van der Waals surface area contributed by atoms with Gasteiger partial charge in [-0.3, -0.25) is 14.5 Å². The normalized spacial score (nSPS) is 12.6. The molecule has 0 rings (SSSR count). The molecule has 0 aliphatic rings. The number of quaternary nitrogens is 1. The number of carbonyl (C=O) groups is 3. The minimum Gasteiger partial charge on any atom is -0.460 e. The quantitative estimate of drug-likeness (QED) is 0.0324. The summed E-state index contributed by atoms with van der Waals surface area (Å²) >= 11 is 0. The first-order valence-electron chi connectivity index (χ1n) is 22.2. The number of carbonyl (C=O) groups excluding carboxylic acids is 3. The first-order valence-corrected chi connectivity index (χ1v) is 22.2. The lowest BCUT2D eigenvalue weighted by atomic mass is 10.1. The smallest absolute Gasteiger partial charge is 0.329 e. The average Bonchev–Trinajstić information content (AvgIpc) is 3.17. The number of nitrogens with two attached hydrogens (primary N) is 2. The van der Waals surface area contributed by atoms with Crippen molar-refractivity contribution in [3.8, 4) is 0 Å². The van der Waals surface area contributed by atoms with Gasteiger partial charge in [0.2, 0.25) is 0 Å². The molecule has 0 fully saturated rings. The molecular formula is C46H84N3O5+. The van der Waals surface area contributed by atoms with Gasteiger partial charge in [0.15, 0.2) is 0 Å². The maximum absolute atomic E-state index is 13.2. The number of nitrogens with one attached hydrogen (secondary N) is 1. The van der Waals surface area contributed by atoms with E-state index < -0.39 is 6.04 Å². The van der Waals surface area contributed by atoms with Crippen molar-refractivity contribution < 1.29 is 28.8 Å². The van der Waals surface area contributed by atoms with Crippen molar-refractivity contribution in [3.63, 3.8) is 0 Å². The number of hydrogen-bond acceptors (Lipinski definition) is 7. The van der Waals surface area contributed by atoms with Crippen LogP contribution in [0.15, 0.2) is 48.6 Å². The van der Waals surface area contributed by atoms with Crippen LogP contribution in [0.25, 0.3) is 0 Å². The Morgan fingerprint density at radius 3 is 1.31 bits per heavy atom. The first kappa shape index (κ1) is 51.5. The molecule has 0 aromatic carbocycles. The number of esters is 2. The molecule has 0 spiro atoms. The number of unbranched alkanes of at least 4 members (excludes halogenated alkanes) is 17. The van der Waals surface area contributed by atoms with Gasteiger partial charge in [0.05, 0.1) is 0 Å². The van der Waals surface area contributed by atoms with Crippen LogP contribution in [0.1, 0.15) is 187 Å². The Balaban J connectivity index is 4.21. The van der Waals surface area contributed by atoms with Gasteiger partial charge in [-0.1, -0.05) is 127 Å². The molecule has 5 N–H and O–H groups in total. The van der Waals surface area contributed by atoms with Gasteiger partial charge in [-0.25, -0.2) is 4.79 Å². The zero-order valence-electron chi connectivity index (χ0n) is 35.0. The van der Waals surface area contributed by atoms with E-state index in [-0.39, 0.29) is 31.1 Å². The van der Waals surface area contributed by atoms with E-state index in [0.717, 1.165) is 77.0 Å². The Hall–Kier alpha value is -2.55. The van der Waals surface area contributed by atoms with Crippen LogP contribution < -0.4 is 16.4 Å². The summed E-state index contributed by atoms with van der Waals surface area (Å²) in [6.45, 7) is 5.91. The summed E-state index contributed by atoms with van der Waals surface area (Å²) in [6.07, 6.45) is 46.0. The molecule has 312 valence electrons. The molecule has 0 saturated heterocycles. The summed E-state index contributed by atoms with van der Waals surface area (Å²) in [5, 5.41) is 0. The first-order chi connectivity index (χ1) is 26.5. The minimum absolute atomic E-state index is 0.135. The van der Waals surface area contributed by atoms with Gasteiger partial charge >= 0.3 is 17.8 Å². The van der Waals surface area contributed by atoms with Crippen molar-refractivity contribution in [2.45, 2.75) is 193 Å².